The fourth-order valence-electron chi connectivity index (χ4n) is 1.13. The second-order valence-corrected chi connectivity index (χ2v) is 3.20. The van der Waals surface area contributed by atoms with Crippen molar-refractivity contribution in [1.82, 2.24) is 9.78 Å². The molecule has 0 saturated heterocycles. The van der Waals surface area contributed by atoms with Gasteiger partial charge in [0.2, 0.25) is 5.96 Å². The Morgan fingerprint density at radius 1 is 1.69 bits per heavy atom. The Bertz CT molecular complexity index is 358. The summed E-state index contributed by atoms with van der Waals surface area (Å²) in [4.78, 5) is 7.98. The number of hydrogen-bond acceptors (Lipinski definition) is 3. The summed E-state index contributed by atoms with van der Waals surface area (Å²) in [5, 5.41) is 15.8. The highest BCUT2D eigenvalue weighted by Gasteiger charge is 2.00. The molecule has 0 aliphatic rings. The van der Waals surface area contributed by atoms with Crippen LogP contribution in [0.3, 0.4) is 0 Å². The normalized spacial score (nSPS) is 11.5. The lowest BCUT2D eigenvalue weighted by atomic mass is 10.5. The third-order valence-electron chi connectivity index (χ3n) is 1.85. The van der Waals surface area contributed by atoms with Gasteiger partial charge in [0.15, 0.2) is 0 Å². The molecule has 16 heavy (non-hydrogen) atoms. The molecule has 1 aromatic rings. The number of aliphatic hydroxyl groups excluding tert-OH is 1. The van der Waals surface area contributed by atoms with Gasteiger partial charge >= 0.3 is 0 Å². The number of hydrogen-bond donors (Lipinski definition) is 2. The van der Waals surface area contributed by atoms with Crippen molar-refractivity contribution in [1.29, 1.82) is 0 Å². The summed E-state index contributed by atoms with van der Waals surface area (Å²) in [6, 6.07) is 0. The molecule has 0 atom stereocenters. The zero-order chi connectivity index (χ0) is 11.8. The molecule has 6 nitrogen and oxygen atoms in total. The summed E-state index contributed by atoms with van der Waals surface area (Å²) in [6.07, 6.45) is 4.40. The van der Waals surface area contributed by atoms with Gasteiger partial charge in [-0.15, -0.1) is 0 Å². The van der Waals surface area contributed by atoms with Crippen LogP contribution >= 0.6 is 0 Å². The van der Waals surface area contributed by atoms with E-state index in [2.05, 4.69) is 27.1 Å². The smallest absolute Gasteiger partial charge is 0.221 e. The van der Waals surface area contributed by atoms with Gasteiger partial charge in [-0.1, -0.05) is 6.92 Å². The topological polar surface area (TPSA) is 74.8 Å². The molecule has 0 bridgehead atoms. The van der Waals surface area contributed by atoms with Crippen molar-refractivity contribution < 1.29 is 5.11 Å². The second-order valence-electron chi connectivity index (χ2n) is 3.20. The highest BCUT2D eigenvalue weighted by molar-refractivity contribution is 5.96. The second kappa shape index (κ2) is 6.73. The van der Waals surface area contributed by atoms with Crippen molar-refractivity contribution in [2.75, 3.05) is 18.5 Å². The Morgan fingerprint density at radius 2 is 2.50 bits per heavy atom. The van der Waals surface area contributed by atoms with E-state index < -0.39 is 0 Å². The van der Waals surface area contributed by atoms with Gasteiger partial charge in [0, 0.05) is 12.7 Å². The van der Waals surface area contributed by atoms with E-state index in [1.807, 2.05) is 6.92 Å². The number of nitrogens with zero attached hydrogens (tertiary/aromatic N) is 4. The molecule has 0 aliphatic carbocycles. The first-order valence-electron chi connectivity index (χ1n) is 5.21. The molecule has 0 amide bonds. The van der Waals surface area contributed by atoms with Crippen LogP contribution in [0.4, 0.5) is 5.69 Å². The van der Waals surface area contributed by atoms with Gasteiger partial charge in [-0.2, -0.15) is 5.10 Å². The van der Waals surface area contributed by atoms with Crippen LogP contribution in [0.5, 0.6) is 0 Å². The van der Waals surface area contributed by atoms with E-state index in [1.54, 1.807) is 17.1 Å². The number of aliphatic hydroxyl groups is 1. The van der Waals surface area contributed by atoms with Crippen molar-refractivity contribution in [2.24, 2.45) is 9.98 Å². The van der Waals surface area contributed by atoms with Gasteiger partial charge in [0.05, 0.1) is 25.0 Å². The monoisotopic (exact) mass is 223 g/mol. The van der Waals surface area contributed by atoms with Crippen molar-refractivity contribution in [3.8, 4) is 0 Å². The summed E-state index contributed by atoms with van der Waals surface area (Å²) in [6.45, 7) is 6.75. The van der Waals surface area contributed by atoms with Crippen LogP contribution in [0.15, 0.2) is 22.4 Å². The SMILES string of the molecule is C=NC(=NCCC)Nc1cnn(CCO)c1. The lowest BCUT2D eigenvalue weighted by Gasteiger charge is -2.01. The quantitative estimate of drug-likeness (QED) is 0.571. The van der Waals surface area contributed by atoms with Gasteiger partial charge < -0.3 is 10.4 Å². The summed E-state index contributed by atoms with van der Waals surface area (Å²) in [5.74, 6) is 0.491. The van der Waals surface area contributed by atoms with E-state index in [1.165, 1.54) is 0 Å². The van der Waals surface area contributed by atoms with E-state index >= 15 is 0 Å². The molecule has 6 heteroatoms. The summed E-state index contributed by atoms with van der Waals surface area (Å²) in [7, 11) is 0. The number of rotatable bonds is 5. The van der Waals surface area contributed by atoms with Crippen molar-refractivity contribution in [3.05, 3.63) is 12.4 Å². The summed E-state index contributed by atoms with van der Waals surface area (Å²) in [5.41, 5.74) is 0.788. The number of nitrogens with one attached hydrogen (secondary N) is 1. The Labute approximate surface area is 94.7 Å². The Hall–Kier alpha value is -1.69. The molecule has 88 valence electrons. The van der Waals surface area contributed by atoms with Crippen molar-refractivity contribution in [2.45, 2.75) is 19.9 Å². The number of anilines is 1. The fourth-order valence-corrected chi connectivity index (χ4v) is 1.13. The molecule has 1 heterocycles. The maximum atomic E-state index is 8.74. The maximum absolute atomic E-state index is 8.74. The Balaban J connectivity index is 2.59. The van der Waals surface area contributed by atoms with Crippen LogP contribution in [-0.2, 0) is 6.54 Å². The highest BCUT2D eigenvalue weighted by Crippen LogP contribution is 2.05. The highest BCUT2D eigenvalue weighted by atomic mass is 16.3. The molecule has 0 fully saturated rings. The number of aliphatic imine (C=N–C) groups is 2. The molecule has 0 saturated carbocycles. The van der Waals surface area contributed by atoms with Crippen molar-refractivity contribution in [3.63, 3.8) is 0 Å². The minimum Gasteiger partial charge on any atom is -0.394 e. The van der Waals surface area contributed by atoms with Crippen molar-refractivity contribution >= 4 is 18.4 Å². The molecule has 0 spiro atoms. The standard InChI is InChI=1S/C10H17N5O/c1-3-4-12-10(11-2)14-9-7-13-15(8-9)5-6-16/h7-8,16H,2-6H2,1H3,(H,12,14). The minimum atomic E-state index is 0.0671. The summed E-state index contributed by atoms with van der Waals surface area (Å²) >= 11 is 0. The fraction of sp³-hybridized carbons (Fsp3) is 0.500. The first-order valence-corrected chi connectivity index (χ1v) is 5.21. The van der Waals surface area contributed by atoms with E-state index in [0.717, 1.165) is 12.1 Å². The minimum absolute atomic E-state index is 0.0671. The molecule has 0 radical (unpaired) electrons. The van der Waals surface area contributed by atoms with Gasteiger partial charge in [0.25, 0.3) is 0 Å². The summed E-state index contributed by atoms with van der Waals surface area (Å²) < 4.78 is 1.64. The third kappa shape index (κ3) is 3.82. The predicted molar refractivity (Wildman–Crippen MR) is 65.1 cm³/mol. The molecule has 0 aliphatic heterocycles. The molecule has 1 aromatic heterocycles. The van der Waals surface area contributed by atoms with Gasteiger partial charge in [-0.3, -0.25) is 9.67 Å². The lowest BCUT2D eigenvalue weighted by Crippen LogP contribution is -2.09. The van der Waals surface area contributed by atoms with Gasteiger partial charge in [0.1, 0.15) is 0 Å². The first kappa shape index (κ1) is 12.4. The molecular formula is C10H17N5O. The van der Waals surface area contributed by atoms with Crippen LogP contribution in [0.25, 0.3) is 0 Å². The third-order valence-corrected chi connectivity index (χ3v) is 1.85. The lowest BCUT2D eigenvalue weighted by molar-refractivity contribution is 0.269. The largest absolute Gasteiger partial charge is 0.394 e. The molecule has 0 unspecified atom stereocenters. The average Bonchev–Trinajstić information content (AvgIpc) is 2.72. The molecular weight excluding hydrogens is 206 g/mol. The Kier molecular flexibility index (Phi) is 5.21. The Morgan fingerprint density at radius 3 is 3.12 bits per heavy atom. The van der Waals surface area contributed by atoms with Crippen LogP contribution < -0.4 is 5.32 Å². The van der Waals surface area contributed by atoms with E-state index in [9.17, 15) is 0 Å². The van der Waals surface area contributed by atoms with E-state index in [0.29, 0.717) is 19.0 Å². The maximum Gasteiger partial charge on any atom is 0.221 e. The zero-order valence-electron chi connectivity index (χ0n) is 9.43. The average molecular weight is 223 g/mol. The van der Waals surface area contributed by atoms with Gasteiger partial charge in [-0.05, 0) is 13.1 Å². The predicted octanol–water partition coefficient (Wildman–Crippen LogP) is 0.754. The van der Waals surface area contributed by atoms with Crippen LogP contribution in [0.1, 0.15) is 13.3 Å². The van der Waals surface area contributed by atoms with Crippen LogP contribution in [-0.4, -0.2) is 40.7 Å². The van der Waals surface area contributed by atoms with Gasteiger partial charge in [-0.25, -0.2) is 4.99 Å². The first-order chi connectivity index (χ1) is 7.80. The van der Waals surface area contributed by atoms with Crippen LogP contribution in [0, 0.1) is 0 Å². The number of guanidine groups is 1. The molecule has 0 aromatic carbocycles. The van der Waals surface area contributed by atoms with Crippen LogP contribution in [0.2, 0.25) is 0 Å². The molecule has 1 rings (SSSR count). The van der Waals surface area contributed by atoms with E-state index in [-0.39, 0.29) is 6.61 Å². The number of aromatic nitrogens is 2. The zero-order valence-corrected chi connectivity index (χ0v) is 9.43. The molecule has 2 N–H and O–H groups in total. The van der Waals surface area contributed by atoms with E-state index in [4.69, 9.17) is 5.11 Å².